The lowest BCUT2D eigenvalue weighted by Crippen LogP contribution is -2.40. The minimum Gasteiger partial charge on any atom is -0.487 e. The van der Waals surface area contributed by atoms with Gasteiger partial charge in [-0.1, -0.05) is 25.6 Å². The van der Waals surface area contributed by atoms with E-state index in [0.717, 1.165) is 29.7 Å². The summed E-state index contributed by atoms with van der Waals surface area (Å²) >= 11 is 0. The Morgan fingerprint density at radius 1 is 1.19 bits per heavy atom. The van der Waals surface area contributed by atoms with Crippen molar-refractivity contribution < 1.29 is 24.1 Å². The highest BCUT2D eigenvalue weighted by Crippen LogP contribution is 2.41. The molecule has 0 aliphatic carbocycles. The predicted molar refractivity (Wildman–Crippen MR) is 123 cm³/mol. The Balaban J connectivity index is 0.00000289. The molecule has 3 N–H and O–H groups in total. The number of benzene rings is 2. The third-order valence-corrected chi connectivity index (χ3v) is 5.81. The van der Waals surface area contributed by atoms with E-state index < -0.39 is 11.9 Å². The second-order valence-corrected chi connectivity index (χ2v) is 8.30. The van der Waals surface area contributed by atoms with Gasteiger partial charge in [0.15, 0.2) is 0 Å². The summed E-state index contributed by atoms with van der Waals surface area (Å²) in [5.41, 5.74) is 4.44. The van der Waals surface area contributed by atoms with E-state index in [1.54, 1.807) is 6.07 Å². The summed E-state index contributed by atoms with van der Waals surface area (Å²) in [5.74, 6) is -0.205. The molecule has 2 aromatic rings. The number of hydrogen-bond donors (Lipinski definition) is 3. The van der Waals surface area contributed by atoms with Crippen LogP contribution in [-0.4, -0.2) is 52.9 Å². The molecule has 0 saturated heterocycles. The molecule has 2 aliphatic rings. The Bertz CT molecular complexity index is 1030. The maximum Gasteiger partial charge on any atom is 0.260 e. The van der Waals surface area contributed by atoms with Crippen LogP contribution in [0.25, 0.3) is 11.3 Å². The van der Waals surface area contributed by atoms with Crippen LogP contribution in [0.3, 0.4) is 0 Å². The topological polar surface area (TPSA) is 82.0 Å². The van der Waals surface area contributed by atoms with Gasteiger partial charge in [0.1, 0.15) is 18.2 Å². The van der Waals surface area contributed by atoms with Gasteiger partial charge in [-0.05, 0) is 44.0 Å². The van der Waals surface area contributed by atoms with E-state index in [-0.39, 0.29) is 26.0 Å². The minimum absolute atomic E-state index is 0. The Hall–Kier alpha value is -2.74. The molecule has 6 nitrogen and oxygen atoms in total. The number of nitrogens with zero attached hydrogens (tertiary/aromatic N) is 1. The molecule has 0 unspecified atom stereocenters. The molecule has 7 heteroatoms. The highest BCUT2D eigenvalue weighted by molar-refractivity contribution is 6.36. The van der Waals surface area contributed by atoms with Gasteiger partial charge in [-0.3, -0.25) is 9.69 Å². The average Bonchev–Trinajstić information content (AvgIpc) is 3.29. The van der Waals surface area contributed by atoms with Gasteiger partial charge in [0.05, 0.1) is 18.3 Å². The van der Waals surface area contributed by atoms with E-state index >= 15 is 0 Å². The van der Waals surface area contributed by atoms with Crippen LogP contribution in [0.1, 0.15) is 43.5 Å². The number of carbonyl (C=O) groups excluding carboxylic acids is 1. The standard InChI is InChI=1S/C24H27FN2O4.CH4/c1-14(2)27(11-18(29)12-28)8-7-15-3-5-19-16(9-15)13-31-23(19)22-20-10-17(25)4-6-21(20)26-24(22)30;/h3-6,9-10,14,18,28-29H,7-8,11-13H2,1-2H3,(H,26,30);1H4/b23-22+;/t18-;/m0./s1. The largest absolute Gasteiger partial charge is 0.487 e. The molecule has 172 valence electrons. The van der Waals surface area contributed by atoms with Crippen molar-refractivity contribution in [2.24, 2.45) is 0 Å². The number of amides is 1. The van der Waals surface area contributed by atoms with Crippen LogP contribution in [0.4, 0.5) is 10.1 Å². The molecule has 0 saturated carbocycles. The average molecular weight is 443 g/mol. The number of carbonyl (C=O) groups is 1. The second kappa shape index (κ2) is 9.81. The summed E-state index contributed by atoms with van der Waals surface area (Å²) < 4.78 is 19.7. The molecule has 1 atom stereocenters. The fraction of sp³-hybridized carbons (Fsp3) is 0.400. The molecule has 0 bridgehead atoms. The summed E-state index contributed by atoms with van der Waals surface area (Å²) in [6, 6.07) is 10.5. The third kappa shape index (κ3) is 4.70. The fourth-order valence-electron chi connectivity index (χ4n) is 4.10. The van der Waals surface area contributed by atoms with Gasteiger partial charge in [0, 0.05) is 41.5 Å². The molecule has 0 fully saturated rings. The Labute approximate surface area is 188 Å². The molecule has 32 heavy (non-hydrogen) atoms. The maximum absolute atomic E-state index is 13.8. The first-order chi connectivity index (χ1) is 14.9. The normalized spacial score (nSPS) is 17.7. The molecular weight excluding hydrogens is 411 g/mol. The number of fused-ring (bicyclic) bond motifs is 2. The molecule has 0 spiro atoms. The summed E-state index contributed by atoms with van der Waals surface area (Å²) in [7, 11) is 0. The number of nitrogens with one attached hydrogen (secondary N) is 1. The second-order valence-electron chi connectivity index (χ2n) is 8.30. The molecule has 2 aliphatic heterocycles. The van der Waals surface area contributed by atoms with E-state index in [4.69, 9.17) is 9.84 Å². The minimum atomic E-state index is -0.754. The highest BCUT2D eigenvalue weighted by Gasteiger charge is 2.32. The monoisotopic (exact) mass is 442 g/mol. The zero-order valence-corrected chi connectivity index (χ0v) is 17.7. The fourth-order valence-corrected chi connectivity index (χ4v) is 4.10. The quantitative estimate of drug-likeness (QED) is 0.573. The molecule has 0 radical (unpaired) electrons. The van der Waals surface area contributed by atoms with E-state index in [0.29, 0.717) is 35.7 Å². The van der Waals surface area contributed by atoms with Gasteiger partial charge < -0.3 is 20.3 Å². The lowest BCUT2D eigenvalue weighted by atomic mass is 9.98. The summed E-state index contributed by atoms with van der Waals surface area (Å²) in [5, 5.41) is 21.7. The Morgan fingerprint density at radius 2 is 1.97 bits per heavy atom. The van der Waals surface area contributed by atoms with Crippen molar-refractivity contribution in [1.29, 1.82) is 0 Å². The van der Waals surface area contributed by atoms with Crippen LogP contribution in [0.2, 0.25) is 0 Å². The molecule has 1 amide bonds. The number of anilines is 1. The first-order valence-corrected chi connectivity index (χ1v) is 10.5. The summed E-state index contributed by atoms with van der Waals surface area (Å²) in [6.07, 6.45) is 0.0274. The van der Waals surface area contributed by atoms with Crippen molar-refractivity contribution in [3.63, 3.8) is 0 Å². The van der Waals surface area contributed by atoms with E-state index in [9.17, 15) is 14.3 Å². The van der Waals surface area contributed by atoms with E-state index in [1.807, 2.05) is 12.1 Å². The number of ether oxygens (including phenoxy) is 1. The number of aliphatic hydroxyl groups is 2. The van der Waals surface area contributed by atoms with Crippen molar-refractivity contribution in [2.45, 2.75) is 46.4 Å². The molecule has 2 aromatic carbocycles. The van der Waals surface area contributed by atoms with Gasteiger partial charge in [0.25, 0.3) is 5.91 Å². The number of aliphatic hydroxyl groups excluding tert-OH is 2. The van der Waals surface area contributed by atoms with Crippen LogP contribution in [0.15, 0.2) is 36.4 Å². The summed E-state index contributed by atoms with van der Waals surface area (Å²) in [6.45, 7) is 5.40. The summed E-state index contributed by atoms with van der Waals surface area (Å²) in [4.78, 5) is 14.7. The van der Waals surface area contributed by atoms with Crippen molar-refractivity contribution in [1.82, 2.24) is 4.90 Å². The van der Waals surface area contributed by atoms with E-state index in [1.165, 1.54) is 12.1 Å². The van der Waals surface area contributed by atoms with Crippen LogP contribution in [0.5, 0.6) is 0 Å². The predicted octanol–water partition coefficient (Wildman–Crippen LogP) is 3.42. The molecule has 2 heterocycles. The van der Waals surface area contributed by atoms with Gasteiger partial charge in [-0.25, -0.2) is 4.39 Å². The maximum atomic E-state index is 13.8. The SMILES string of the molecule is C.CC(C)N(CCc1ccc2c(c1)CO/C2=C1/C(=O)Nc2ccc(F)cc21)C[C@H](O)CO. The zero-order chi connectivity index (χ0) is 22.1. The van der Waals surface area contributed by atoms with Gasteiger partial charge in [-0.15, -0.1) is 0 Å². The van der Waals surface area contributed by atoms with Gasteiger partial charge >= 0.3 is 0 Å². The van der Waals surface area contributed by atoms with Crippen molar-refractivity contribution in [3.05, 3.63) is 64.5 Å². The molecule has 4 rings (SSSR count). The first kappa shape index (κ1) is 23.9. The van der Waals surface area contributed by atoms with Crippen molar-refractivity contribution in [3.8, 4) is 0 Å². The molecular formula is C25H31FN2O4. The lowest BCUT2D eigenvalue weighted by Gasteiger charge is -2.28. The van der Waals surface area contributed by atoms with E-state index in [2.05, 4.69) is 30.1 Å². The third-order valence-electron chi connectivity index (χ3n) is 5.81. The number of hydrogen-bond acceptors (Lipinski definition) is 5. The van der Waals surface area contributed by atoms with Gasteiger partial charge in [0.2, 0.25) is 0 Å². The van der Waals surface area contributed by atoms with Crippen LogP contribution >= 0.6 is 0 Å². The first-order valence-electron chi connectivity index (χ1n) is 10.5. The van der Waals surface area contributed by atoms with Crippen LogP contribution in [0, 0.1) is 5.82 Å². The molecule has 0 aromatic heterocycles. The highest BCUT2D eigenvalue weighted by atomic mass is 19.1. The Kier molecular flexibility index (Phi) is 7.33. The van der Waals surface area contributed by atoms with Gasteiger partial charge in [-0.2, -0.15) is 0 Å². The smallest absolute Gasteiger partial charge is 0.260 e. The Morgan fingerprint density at radius 3 is 2.69 bits per heavy atom. The van der Waals surface area contributed by atoms with Crippen molar-refractivity contribution >= 4 is 22.9 Å². The lowest BCUT2D eigenvalue weighted by molar-refractivity contribution is -0.110. The van der Waals surface area contributed by atoms with Crippen LogP contribution < -0.4 is 5.32 Å². The van der Waals surface area contributed by atoms with Crippen LogP contribution in [-0.2, 0) is 22.6 Å². The number of rotatable bonds is 7. The van der Waals surface area contributed by atoms with Crippen molar-refractivity contribution in [2.75, 3.05) is 25.0 Å². The number of halogens is 1. The zero-order valence-electron chi connectivity index (χ0n) is 17.7.